The zero-order chi connectivity index (χ0) is 19.3. The lowest BCUT2D eigenvalue weighted by atomic mass is 10.1. The molecule has 3 rings (SSSR count). The third-order valence-electron chi connectivity index (χ3n) is 4.69. The SMILES string of the molecule is CN=C(NCc1ccc(S(C)(=O)=O)cc1)NC1CCN(c2cccs2)CC1.I. The Balaban J connectivity index is 0.00000280. The smallest absolute Gasteiger partial charge is 0.191 e. The molecular formula is C19H27IN4O2S2. The van der Waals surface area contributed by atoms with Gasteiger partial charge in [-0.15, -0.1) is 35.3 Å². The first kappa shape index (κ1) is 23.0. The maximum atomic E-state index is 11.5. The van der Waals surface area contributed by atoms with Crippen molar-refractivity contribution in [3.05, 3.63) is 47.3 Å². The van der Waals surface area contributed by atoms with Crippen molar-refractivity contribution in [3.63, 3.8) is 0 Å². The summed E-state index contributed by atoms with van der Waals surface area (Å²) in [6.07, 6.45) is 3.36. The molecule has 1 saturated heterocycles. The number of nitrogens with zero attached hydrogens (tertiary/aromatic N) is 2. The number of rotatable bonds is 5. The van der Waals surface area contributed by atoms with Gasteiger partial charge in [0.15, 0.2) is 15.8 Å². The first-order valence-corrected chi connectivity index (χ1v) is 11.8. The van der Waals surface area contributed by atoms with Crippen LogP contribution in [0.4, 0.5) is 5.00 Å². The molecule has 1 aliphatic rings. The molecule has 0 amide bonds. The lowest BCUT2D eigenvalue weighted by Crippen LogP contribution is -2.48. The Labute approximate surface area is 188 Å². The predicted molar refractivity (Wildman–Crippen MR) is 128 cm³/mol. The van der Waals surface area contributed by atoms with Gasteiger partial charge in [0.05, 0.1) is 9.90 Å². The van der Waals surface area contributed by atoms with Crippen LogP contribution in [0.3, 0.4) is 0 Å². The molecule has 1 fully saturated rings. The van der Waals surface area contributed by atoms with Crippen LogP contribution < -0.4 is 15.5 Å². The number of piperidine rings is 1. The Morgan fingerprint density at radius 2 is 1.89 bits per heavy atom. The van der Waals surface area contributed by atoms with Crippen LogP contribution in [0, 0.1) is 0 Å². The number of hydrogen-bond donors (Lipinski definition) is 2. The molecular weight excluding hydrogens is 507 g/mol. The normalized spacial score (nSPS) is 15.8. The highest BCUT2D eigenvalue weighted by atomic mass is 127. The number of guanidine groups is 1. The third-order valence-corrected chi connectivity index (χ3v) is 6.75. The summed E-state index contributed by atoms with van der Waals surface area (Å²) in [6.45, 7) is 2.68. The quantitative estimate of drug-likeness (QED) is 0.351. The molecule has 154 valence electrons. The fraction of sp³-hybridized carbons (Fsp3) is 0.421. The van der Waals surface area contributed by atoms with Crippen LogP contribution in [-0.4, -0.2) is 46.8 Å². The highest BCUT2D eigenvalue weighted by Crippen LogP contribution is 2.24. The van der Waals surface area contributed by atoms with Gasteiger partial charge >= 0.3 is 0 Å². The molecule has 2 N–H and O–H groups in total. The second kappa shape index (κ2) is 10.4. The number of anilines is 1. The van der Waals surface area contributed by atoms with E-state index in [2.05, 4.69) is 38.0 Å². The molecule has 0 aliphatic carbocycles. The fourth-order valence-electron chi connectivity index (χ4n) is 3.12. The Bertz CT molecular complexity index is 860. The number of hydrogen-bond acceptors (Lipinski definition) is 5. The first-order chi connectivity index (χ1) is 13.0. The second-order valence-electron chi connectivity index (χ2n) is 6.70. The van der Waals surface area contributed by atoms with Crippen molar-refractivity contribution in [1.29, 1.82) is 0 Å². The molecule has 28 heavy (non-hydrogen) atoms. The molecule has 2 heterocycles. The molecule has 1 aliphatic heterocycles. The molecule has 0 spiro atoms. The van der Waals surface area contributed by atoms with E-state index in [4.69, 9.17) is 0 Å². The van der Waals surface area contributed by atoms with E-state index in [1.54, 1.807) is 30.5 Å². The standard InChI is InChI=1S/C19H26N4O2S2.HI/c1-20-19(21-14-15-5-7-17(8-6-15)27(2,24)25)22-16-9-11-23(12-10-16)18-4-3-13-26-18;/h3-8,13,16H,9-12,14H2,1-2H3,(H2,20,21,22);1H. The summed E-state index contributed by atoms with van der Waals surface area (Å²) >= 11 is 1.79. The molecule has 2 aromatic rings. The van der Waals surface area contributed by atoms with Crippen LogP contribution in [0.1, 0.15) is 18.4 Å². The van der Waals surface area contributed by atoms with Gasteiger partial charge in [-0.1, -0.05) is 12.1 Å². The van der Waals surface area contributed by atoms with Crippen molar-refractivity contribution < 1.29 is 8.42 Å². The van der Waals surface area contributed by atoms with E-state index < -0.39 is 9.84 Å². The monoisotopic (exact) mass is 534 g/mol. The summed E-state index contributed by atoms with van der Waals surface area (Å²) in [5.74, 6) is 0.775. The Hall–Kier alpha value is -1.33. The van der Waals surface area contributed by atoms with Crippen molar-refractivity contribution >= 4 is 56.1 Å². The Morgan fingerprint density at radius 3 is 2.43 bits per heavy atom. The van der Waals surface area contributed by atoms with Gasteiger partial charge in [0.1, 0.15) is 0 Å². The van der Waals surface area contributed by atoms with Crippen LogP contribution in [0.25, 0.3) is 0 Å². The molecule has 0 radical (unpaired) electrons. The van der Waals surface area contributed by atoms with E-state index in [1.165, 1.54) is 11.3 Å². The summed E-state index contributed by atoms with van der Waals surface area (Å²) in [4.78, 5) is 7.08. The van der Waals surface area contributed by atoms with Crippen LogP contribution >= 0.6 is 35.3 Å². The molecule has 1 aromatic heterocycles. The highest BCUT2D eigenvalue weighted by molar-refractivity contribution is 14.0. The second-order valence-corrected chi connectivity index (χ2v) is 9.64. The number of thiophene rings is 1. The summed E-state index contributed by atoms with van der Waals surface area (Å²) in [7, 11) is -1.39. The van der Waals surface area contributed by atoms with Crippen LogP contribution in [-0.2, 0) is 16.4 Å². The van der Waals surface area contributed by atoms with E-state index in [9.17, 15) is 8.42 Å². The zero-order valence-corrected chi connectivity index (χ0v) is 20.1. The van der Waals surface area contributed by atoms with Crippen LogP contribution in [0.15, 0.2) is 51.7 Å². The molecule has 9 heteroatoms. The van der Waals surface area contributed by atoms with Gasteiger partial charge in [-0.3, -0.25) is 4.99 Å². The summed E-state index contributed by atoms with van der Waals surface area (Å²) < 4.78 is 23.1. The van der Waals surface area contributed by atoms with E-state index in [0.29, 0.717) is 17.5 Å². The highest BCUT2D eigenvalue weighted by Gasteiger charge is 2.20. The van der Waals surface area contributed by atoms with Crippen molar-refractivity contribution in [2.45, 2.75) is 30.3 Å². The van der Waals surface area contributed by atoms with E-state index in [0.717, 1.165) is 37.5 Å². The Morgan fingerprint density at radius 1 is 1.21 bits per heavy atom. The first-order valence-electron chi connectivity index (χ1n) is 9.00. The number of halogens is 1. The number of aliphatic imine (C=N–C) groups is 1. The fourth-order valence-corrected chi connectivity index (χ4v) is 4.54. The molecule has 6 nitrogen and oxygen atoms in total. The van der Waals surface area contributed by atoms with Gasteiger partial charge < -0.3 is 15.5 Å². The van der Waals surface area contributed by atoms with E-state index in [1.807, 2.05) is 12.1 Å². The number of nitrogens with one attached hydrogen (secondary N) is 2. The number of benzene rings is 1. The van der Waals surface area contributed by atoms with Gasteiger partial charge in [0.25, 0.3) is 0 Å². The number of sulfone groups is 1. The van der Waals surface area contributed by atoms with E-state index in [-0.39, 0.29) is 24.0 Å². The van der Waals surface area contributed by atoms with Gasteiger partial charge in [-0.25, -0.2) is 8.42 Å². The minimum Gasteiger partial charge on any atom is -0.363 e. The summed E-state index contributed by atoms with van der Waals surface area (Å²) in [5.41, 5.74) is 1.01. The van der Waals surface area contributed by atoms with Crippen molar-refractivity contribution in [2.24, 2.45) is 4.99 Å². The lowest BCUT2D eigenvalue weighted by molar-refractivity contribution is 0.463. The zero-order valence-electron chi connectivity index (χ0n) is 16.1. The molecule has 0 atom stereocenters. The van der Waals surface area contributed by atoms with Gasteiger partial charge in [-0.2, -0.15) is 0 Å². The summed E-state index contributed by atoms with van der Waals surface area (Å²) in [6, 6.07) is 11.6. The average molecular weight is 534 g/mol. The van der Waals surface area contributed by atoms with E-state index >= 15 is 0 Å². The minimum atomic E-state index is -3.16. The molecule has 0 bridgehead atoms. The Kier molecular flexibility index (Phi) is 8.56. The molecule has 0 unspecified atom stereocenters. The topological polar surface area (TPSA) is 73.8 Å². The lowest BCUT2D eigenvalue weighted by Gasteiger charge is -2.33. The van der Waals surface area contributed by atoms with Crippen molar-refractivity contribution in [1.82, 2.24) is 10.6 Å². The third kappa shape index (κ3) is 6.35. The average Bonchev–Trinajstić information content (AvgIpc) is 3.20. The van der Waals surface area contributed by atoms with Gasteiger partial charge in [-0.05, 0) is 48.1 Å². The molecule has 1 aromatic carbocycles. The van der Waals surface area contributed by atoms with Crippen molar-refractivity contribution in [3.8, 4) is 0 Å². The van der Waals surface area contributed by atoms with Crippen LogP contribution in [0.2, 0.25) is 0 Å². The maximum Gasteiger partial charge on any atom is 0.191 e. The van der Waals surface area contributed by atoms with Crippen LogP contribution in [0.5, 0.6) is 0 Å². The van der Waals surface area contributed by atoms with Crippen molar-refractivity contribution in [2.75, 3.05) is 31.3 Å². The van der Waals surface area contributed by atoms with Gasteiger partial charge in [0, 0.05) is 39.0 Å². The molecule has 0 saturated carbocycles. The predicted octanol–water partition coefficient (Wildman–Crippen LogP) is 3.10. The summed E-state index contributed by atoms with van der Waals surface area (Å²) in [5, 5.41) is 10.3. The largest absolute Gasteiger partial charge is 0.363 e. The maximum absolute atomic E-state index is 11.5. The minimum absolute atomic E-state index is 0. The van der Waals surface area contributed by atoms with Gasteiger partial charge in [0.2, 0.25) is 0 Å².